The third-order valence-corrected chi connectivity index (χ3v) is 5.39. The summed E-state index contributed by atoms with van der Waals surface area (Å²) in [5, 5.41) is 3.64. The van der Waals surface area contributed by atoms with Gasteiger partial charge in [-0.1, -0.05) is 19.1 Å². The molecule has 1 aromatic heterocycles. The van der Waals surface area contributed by atoms with Crippen LogP contribution in [-0.2, 0) is 22.8 Å². The highest BCUT2D eigenvalue weighted by Crippen LogP contribution is 2.26. The largest absolute Gasteiger partial charge is 0.377 e. The predicted molar refractivity (Wildman–Crippen MR) is 78.5 cm³/mol. The molecule has 0 atom stereocenters. The van der Waals surface area contributed by atoms with E-state index < -0.39 is 20.5 Å². The van der Waals surface area contributed by atoms with Gasteiger partial charge < -0.3 is 5.32 Å². The number of sulfone groups is 1. The molecule has 1 N–H and O–H groups in total. The van der Waals surface area contributed by atoms with E-state index in [4.69, 9.17) is 0 Å². The number of nitrogens with zero attached hydrogens (tertiary/aromatic N) is 1. The van der Waals surface area contributed by atoms with E-state index in [0.29, 0.717) is 6.54 Å². The van der Waals surface area contributed by atoms with Crippen molar-refractivity contribution in [2.45, 2.75) is 30.5 Å². The molecule has 1 heterocycles. The monoisotopic (exact) mass is 332 g/mol. The summed E-state index contributed by atoms with van der Waals surface area (Å²) in [4.78, 5) is 4.90. The van der Waals surface area contributed by atoms with Gasteiger partial charge in [-0.05, 0) is 18.6 Å². The second-order valence-electron chi connectivity index (χ2n) is 4.23. The van der Waals surface area contributed by atoms with Crippen molar-refractivity contribution >= 4 is 26.9 Å². The summed E-state index contributed by atoms with van der Waals surface area (Å²) in [6, 6.07) is 5.64. The maximum Gasteiger partial charge on any atom is 0.341 e. The predicted octanol–water partition coefficient (Wildman–Crippen LogP) is 3.31. The van der Waals surface area contributed by atoms with E-state index in [1.807, 2.05) is 6.92 Å². The van der Waals surface area contributed by atoms with E-state index in [2.05, 4.69) is 10.3 Å². The fraction of sp³-hybridized carbons (Fsp3) is 0.308. The number of alkyl halides is 2. The molecule has 0 aliphatic carbocycles. The number of halogens is 2. The molecule has 0 aliphatic heterocycles. The summed E-state index contributed by atoms with van der Waals surface area (Å²) in [5.74, 6) is -3.44. The highest BCUT2D eigenvalue weighted by atomic mass is 32.2. The Morgan fingerprint density at radius 3 is 2.67 bits per heavy atom. The molecule has 0 spiro atoms. The molecule has 0 bridgehead atoms. The van der Waals surface area contributed by atoms with Crippen LogP contribution in [0.4, 0.5) is 14.5 Å². The molecule has 0 unspecified atom stereocenters. The lowest BCUT2D eigenvalue weighted by Crippen LogP contribution is -2.14. The zero-order valence-electron chi connectivity index (χ0n) is 11.2. The minimum absolute atomic E-state index is 0.158. The van der Waals surface area contributed by atoms with Gasteiger partial charge >= 0.3 is 5.76 Å². The zero-order chi connectivity index (χ0) is 15.5. The van der Waals surface area contributed by atoms with Gasteiger partial charge in [-0.15, -0.1) is 11.3 Å². The fourth-order valence-electron chi connectivity index (χ4n) is 1.72. The molecule has 0 saturated carbocycles. The fourth-order valence-corrected chi connectivity index (χ4v) is 3.43. The highest BCUT2D eigenvalue weighted by molar-refractivity contribution is 7.91. The molecule has 1 aromatic carbocycles. The van der Waals surface area contributed by atoms with E-state index >= 15 is 0 Å². The van der Waals surface area contributed by atoms with Crippen LogP contribution in [0.5, 0.6) is 0 Å². The Bertz CT molecular complexity index is 714. The Hall–Kier alpha value is -1.54. The van der Waals surface area contributed by atoms with Crippen LogP contribution in [0, 0.1) is 0 Å². The first-order valence-corrected chi connectivity index (χ1v) is 8.60. The number of aryl methyl sites for hydroxylation is 1. The summed E-state index contributed by atoms with van der Waals surface area (Å²) >= 11 is 1.50. The number of rotatable bonds is 6. The molecule has 114 valence electrons. The molecular weight excluding hydrogens is 318 g/mol. The average molecular weight is 332 g/mol. The number of nitrogens with one attached hydrogen (secondary N) is 1. The second-order valence-corrected chi connectivity index (χ2v) is 7.32. The first-order valence-electron chi connectivity index (χ1n) is 6.23. The molecule has 0 fully saturated rings. The van der Waals surface area contributed by atoms with Crippen LogP contribution in [0.3, 0.4) is 0 Å². The highest BCUT2D eigenvalue weighted by Gasteiger charge is 2.28. The lowest BCUT2D eigenvalue weighted by atomic mass is 10.3. The van der Waals surface area contributed by atoms with Crippen molar-refractivity contribution in [3.8, 4) is 0 Å². The van der Waals surface area contributed by atoms with Crippen molar-refractivity contribution in [1.29, 1.82) is 0 Å². The quantitative estimate of drug-likeness (QED) is 0.882. The standard InChI is InChI=1S/C13H14F2N2O2S2/c1-2-9-7-17-12(20-9)8-16-10-5-3-4-6-11(10)21(18,19)13(14)15/h3-7,13,16H,2,8H2,1H3. The number of para-hydroxylation sites is 1. The maximum atomic E-state index is 12.7. The Morgan fingerprint density at radius 2 is 2.05 bits per heavy atom. The topological polar surface area (TPSA) is 59.1 Å². The van der Waals surface area contributed by atoms with Gasteiger partial charge in [0.1, 0.15) is 5.01 Å². The van der Waals surface area contributed by atoms with Crippen molar-refractivity contribution < 1.29 is 17.2 Å². The van der Waals surface area contributed by atoms with Crippen LogP contribution in [-0.4, -0.2) is 19.2 Å². The Kier molecular flexibility index (Phi) is 4.89. The van der Waals surface area contributed by atoms with Gasteiger partial charge in [-0.3, -0.25) is 0 Å². The normalized spacial score (nSPS) is 11.8. The SMILES string of the molecule is CCc1cnc(CNc2ccccc2S(=O)(=O)C(F)F)s1. The number of hydrogen-bond acceptors (Lipinski definition) is 5. The number of hydrogen-bond donors (Lipinski definition) is 1. The van der Waals surface area contributed by atoms with E-state index in [-0.39, 0.29) is 5.69 Å². The van der Waals surface area contributed by atoms with Crippen molar-refractivity contribution in [1.82, 2.24) is 4.98 Å². The molecule has 2 rings (SSSR count). The first-order chi connectivity index (χ1) is 9.95. The number of aromatic nitrogens is 1. The van der Waals surface area contributed by atoms with Crippen LogP contribution >= 0.6 is 11.3 Å². The smallest absolute Gasteiger partial charge is 0.341 e. The minimum Gasteiger partial charge on any atom is -0.377 e. The number of anilines is 1. The Labute approximate surface area is 125 Å². The van der Waals surface area contributed by atoms with Crippen LogP contribution in [0.15, 0.2) is 35.4 Å². The van der Waals surface area contributed by atoms with Crippen molar-refractivity contribution in [2.24, 2.45) is 0 Å². The van der Waals surface area contributed by atoms with E-state index in [0.717, 1.165) is 16.3 Å². The van der Waals surface area contributed by atoms with Gasteiger partial charge in [0.2, 0.25) is 9.84 Å². The molecule has 0 aliphatic rings. The summed E-state index contributed by atoms with van der Waals surface area (Å²) in [7, 11) is -4.62. The van der Waals surface area contributed by atoms with Gasteiger partial charge in [0.25, 0.3) is 0 Å². The lowest BCUT2D eigenvalue weighted by molar-refractivity contribution is 0.235. The molecular formula is C13H14F2N2O2S2. The zero-order valence-corrected chi connectivity index (χ0v) is 12.8. The molecule has 2 aromatic rings. The third-order valence-electron chi connectivity index (χ3n) is 2.81. The molecule has 0 radical (unpaired) electrons. The maximum absolute atomic E-state index is 12.7. The van der Waals surface area contributed by atoms with Crippen molar-refractivity contribution in [2.75, 3.05) is 5.32 Å². The summed E-state index contributed by atoms with van der Waals surface area (Å²) in [6.45, 7) is 2.30. The van der Waals surface area contributed by atoms with Gasteiger partial charge in [0.05, 0.1) is 17.1 Å². The van der Waals surface area contributed by atoms with Crippen LogP contribution in [0.2, 0.25) is 0 Å². The van der Waals surface area contributed by atoms with E-state index in [1.54, 1.807) is 12.3 Å². The van der Waals surface area contributed by atoms with Crippen LogP contribution in [0.25, 0.3) is 0 Å². The Morgan fingerprint density at radius 1 is 1.33 bits per heavy atom. The number of benzene rings is 1. The average Bonchev–Trinajstić information content (AvgIpc) is 2.93. The van der Waals surface area contributed by atoms with Crippen LogP contribution < -0.4 is 5.32 Å². The van der Waals surface area contributed by atoms with Crippen molar-refractivity contribution in [3.63, 3.8) is 0 Å². The van der Waals surface area contributed by atoms with Gasteiger partial charge in [0.15, 0.2) is 0 Å². The molecule has 0 amide bonds. The summed E-state index contributed by atoms with van der Waals surface area (Å²) in [5.41, 5.74) is 0.158. The van der Waals surface area contributed by atoms with Gasteiger partial charge in [0, 0.05) is 11.1 Å². The first kappa shape index (κ1) is 15.8. The second kappa shape index (κ2) is 6.48. The molecule has 4 nitrogen and oxygen atoms in total. The lowest BCUT2D eigenvalue weighted by Gasteiger charge is -2.11. The summed E-state index contributed by atoms with van der Waals surface area (Å²) in [6.07, 6.45) is 2.62. The van der Waals surface area contributed by atoms with Gasteiger partial charge in [-0.2, -0.15) is 8.78 Å². The molecule has 21 heavy (non-hydrogen) atoms. The van der Waals surface area contributed by atoms with Gasteiger partial charge in [-0.25, -0.2) is 13.4 Å². The minimum atomic E-state index is -4.62. The third kappa shape index (κ3) is 3.56. The van der Waals surface area contributed by atoms with E-state index in [1.165, 1.54) is 29.5 Å². The van der Waals surface area contributed by atoms with Crippen molar-refractivity contribution in [3.05, 3.63) is 40.3 Å². The Balaban J connectivity index is 2.21. The molecule has 8 heteroatoms. The van der Waals surface area contributed by atoms with E-state index in [9.17, 15) is 17.2 Å². The number of thiazole rings is 1. The molecule has 0 saturated heterocycles. The van der Waals surface area contributed by atoms with Crippen LogP contribution in [0.1, 0.15) is 16.8 Å². The summed E-state index contributed by atoms with van der Waals surface area (Å²) < 4.78 is 48.6.